The highest BCUT2D eigenvalue weighted by molar-refractivity contribution is 5.95. The molecule has 6 nitrogen and oxygen atoms in total. The summed E-state index contributed by atoms with van der Waals surface area (Å²) in [7, 11) is 0. The van der Waals surface area contributed by atoms with Gasteiger partial charge in [0, 0.05) is 26.1 Å². The van der Waals surface area contributed by atoms with Crippen molar-refractivity contribution in [3.05, 3.63) is 95.4 Å². The predicted molar refractivity (Wildman–Crippen MR) is 132 cm³/mol. The standard InChI is InChI=1S/C28H33N3O3/c1-21-7-5-15-31(19-21)20-24-13-11-23(12-14-24)18-29-27(32)25(17-22-8-3-2-4-9-22)30-28(33)26-10-6-16-34-26/h2-4,6,8-14,16,21,25H,5,7,15,17-20H2,1H3,(H,29,32)(H,30,33). The molecule has 0 bridgehead atoms. The number of hydrogen-bond donors (Lipinski definition) is 2. The summed E-state index contributed by atoms with van der Waals surface area (Å²) in [5.41, 5.74) is 3.29. The fourth-order valence-electron chi connectivity index (χ4n) is 4.46. The normalized spacial score (nSPS) is 17.1. The third-order valence-electron chi connectivity index (χ3n) is 6.29. The first kappa shape index (κ1) is 23.8. The maximum atomic E-state index is 13.0. The van der Waals surface area contributed by atoms with Crippen LogP contribution in [0.25, 0.3) is 0 Å². The number of benzene rings is 2. The lowest BCUT2D eigenvalue weighted by molar-refractivity contribution is -0.123. The fraction of sp³-hybridized carbons (Fsp3) is 0.357. The third-order valence-corrected chi connectivity index (χ3v) is 6.29. The summed E-state index contributed by atoms with van der Waals surface area (Å²) in [4.78, 5) is 28.1. The van der Waals surface area contributed by atoms with Gasteiger partial charge in [0.05, 0.1) is 6.26 Å². The highest BCUT2D eigenvalue weighted by atomic mass is 16.3. The van der Waals surface area contributed by atoms with Crippen LogP contribution in [0.3, 0.4) is 0 Å². The monoisotopic (exact) mass is 459 g/mol. The molecule has 1 fully saturated rings. The Balaban J connectivity index is 1.34. The van der Waals surface area contributed by atoms with Gasteiger partial charge in [-0.1, -0.05) is 61.5 Å². The van der Waals surface area contributed by atoms with Crippen LogP contribution in [0.4, 0.5) is 0 Å². The molecule has 2 heterocycles. The van der Waals surface area contributed by atoms with E-state index in [1.54, 1.807) is 12.1 Å². The van der Waals surface area contributed by atoms with Crippen LogP contribution in [0.2, 0.25) is 0 Å². The molecular formula is C28H33N3O3. The van der Waals surface area contributed by atoms with E-state index >= 15 is 0 Å². The van der Waals surface area contributed by atoms with E-state index in [0.717, 1.165) is 36.7 Å². The number of hydrogen-bond acceptors (Lipinski definition) is 4. The Morgan fingerprint density at radius 1 is 1.00 bits per heavy atom. The summed E-state index contributed by atoms with van der Waals surface area (Å²) in [6, 6.07) is 20.6. The van der Waals surface area contributed by atoms with Crippen LogP contribution in [-0.4, -0.2) is 35.8 Å². The van der Waals surface area contributed by atoms with Crippen LogP contribution >= 0.6 is 0 Å². The summed E-state index contributed by atoms with van der Waals surface area (Å²) < 4.78 is 5.18. The topological polar surface area (TPSA) is 74.6 Å². The average Bonchev–Trinajstić information content (AvgIpc) is 3.39. The molecule has 2 atom stereocenters. The number of furan rings is 1. The van der Waals surface area contributed by atoms with Crippen molar-refractivity contribution in [2.45, 2.75) is 45.3 Å². The van der Waals surface area contributed by atoms with E-state index in [-0.39, 0.29) is 11.7 Å². The van der Waals surface area contributed by atoms with Gasteiger partial charge in [0.15, 0.2) is 5.76 Å². The second-order valence-electron chi connectivity index (χ2n) is 9.21. The summed E-state index contributed by atoms with van der Waals surface area (Å²) >= 11 is 0. The van der Waals surface area contributed by atoms with Crippen LogP contribution in [0.5, 0.6) is 0 Å². The molecule has 3 aromatic rings. The molecule has 2 aromatic carbocycles. The van der Waals surface area contributed by atoms with Crippen LogP contribution in [-0.2, 0) is 24.3 Å². The lowest BCUT2D eigenvalue weighted by atomic mass is 9.99. The molecule has 0 aliphatic carbocycles. The molecule has 0 radical (unpaired) electrons. The van der Waals surface area contributed by atoms with E-state index in [1.807, 2.05) is 30.3 Å². The van der Waals surface area contributed by atoms with Gasteiger partial charge in [-0.2, -0.15) is 0 Å². The minimum Gasteiger partial charge on any atom is -0.459 e. The predicted octanol–water partition coefficient (Wildman–Crippen LogP) is 4.17. The number of nitrogens with zero attached hydrogens (tertiary/aromatic N) is 1. The Bertz CT molecular complexity index is 1050. The molecule has 6 heteroatoms. The summed E-state index contributed by atoms with van der Waals surface area (Å²) in [5.74, 6) is 0.317. The molecule has 4 rings (SSSR count). The Hall–Kier alpha value is -3.38. The maximum Gasteiger partial charge on any atom is 0.287 e. The summed E-state index contributed by atoms with van der Waals surface area (Å²) in [6.45, 7) is 6.01. The highest BCUT2D eigenvalue weighted by Crippen LogP contribution is 2.18. The minimum atomic E-state index is -0.708. The van der Waals surface area contributed by atoms with Gasteiger partial charge in [-0.25, -0.2) is 0 Å². The Kier molecular flexibility index (Phi) is 8.15. The van der Waals surface area contributed by atoms with Crippen molar-refractivity contribution in [3.63, 3.8) is 0 Å². The van der Waals surface area contributed by atoms with Crippen LogP contribution < -0.4 is 10.6 Å². The number of carbonyl (C=O) groups excluding carboxylic acids is 2. The molecule has 1 aliphatic heterocycles. The van der Waals surface area contributed by atoms with Crippen molar-refractivity contribution < 1.29 is 14.0 Å². The molecule has 2 unspecified atom stereocenters. The summed E-state index contributed by atoms with van der Waals surface area (Å²) in [5, 5.41) is 5.79. The minimum absolute atomic E-state index is 0.185. The van der Waals surface area contributed by atoms with Crippen molar-refractivity contribution >= 4 is 11.8 Å². The number of amides is 2. The van der Waals surface area contributed by atoms with E-state index in [2.05, 4.69) is 46.7 Å². The second-order valence-corrected chi connectivity index (χ2v) is 9.21. The van der Waals surface area contributed by atoms with Crippen LogP contribution in [0.1, 0.15) is 47.0 Å². The smallest absolute Gasteiger partial charge is 0.287 e. The lowest BCUT2D eigenvalue weighted by Gasteiger charge is -2.30. The van der Waals surface area contributed by atoms with Gasteiger partial charge < -0.3 is 15.1 Å². The van der Waals surface area contributed by atoms with Gasteiger partial charge in [-0.3, -0.25) is 14.5 Å². The number of nitrogens with one attached hydrogen (secondary N) is 2. The van der Waals surface area contributed by atoms with Gasteiger partial charge in [0.2, 0.25) is 5.91 Å². The molecule has 0 spiro atoms. The third kappa shape index (κ3) is 6.81. The maximum absolute atomic E-state index is 13.0. The van der Waals surface area contributed by atoms with Crippen molar-refractivity contribution in [2.75, 3.05) is 13.1 Å². The number of carbonyl (C=O) groups is 2. The van der Waals surface area contributed by atoms with Gasteiger partial charge in [-0.15, -0.1) is 0 Å². The van der Waals surface area contributed by atoms with Crippen LogP contribution in [0, 0.1) is 5.92 Å². The molecular weight excluding hydrogens is 426 g/mol. The first-order valence-electron chi connectivity index (χ1n) is 12.0. The zero-order valence-electron chi connectivity index (χ0n) is 19.7. The number of rotatable bonds is 9. The fourth-order valence-corrected chi connectivity index (χ4v) is 4.46. The Morgan fingerprint density at radius 3 is 2.47 bits per heavy atom. The van der Waals surface area contributed by atoms with Crippen LogP contribution in [0.15, 0.2) is 77.4 Å². The van der Waals surface area contributed by atoms with Crippen molar-refractivity contribution in [1.82, 2.24) is 15.5 Å². The Morgan fingerprint density at radius 2 is 1.76 bits per heavy atom. The first-order valence-corrected chi connectivity index (χ1v) is 12.0. The zero-order chi connectivity index (χ0) is 23.8. The van der Waals surface area contributed by atoms with Gasteiger partial charge in [-0.05, 0) is 54.1 Å². The second kappa shape index (κ2) is 11.7. The quantitative estimate of drug-likeness (QED) is 0.504. The average molecular weight is 460 g/mol. The van der Waals surface area contributed by atoms with E-state index in [4.69, 9.17) is 4.42 Å². The van der Waals surface area contributed by atoms with E-state index < -0.39 is 11.9 Å². The van der Waals surface area contributed by atoms with Gasteiger partial charge >= 0.3 is 0 Å². The van der Waals surface area contributed by atoms with Crippen molar-refractivity contribution in [1.29, 1.82) is 0 Å². The molecule has 1 aliphatic rings. The van der Waals surface area contributed by atoms with Crippen molar-refractivity contribution in [3.8, 4) is 0 Å². The largest absolute Gasteiger partial charge is 0.459 e. The van der Waals surface area contributed by atoms with Gasteiger partial charge in [0.25, 0.3) is 5.91 Å². The van der Waals surface area contributed by atoms with E-state index in [9.17, 15) is 9.59 Å². The number of likely N-dealkylation sites (tertiary alicyclic amines) is 1. The SMILES string of the molecule is CC1CCCN(Cc2ccc(CNC(=O)C(Cc3ccccc3)NC(=O)c3ccco3)cc2)C1. The van der Waals surface area contributed by atoms with Crippen molar-refractivity contribution in [2.24, 2.45) is 5.92 Å². The lowest BCUT2D eigenvalue weighted by Crippen LogP contribution is -2.47. The van der Waals surface area contributed by atoms with E-state index in [0.29, 0.717) is 13.0 Å². The zero-order valence-corrected chi connectivity index (χ0v) is 19.7. The first-order chi connectivity index (χ1) is 16.6. The highest BCUT2D eigenvalue weighted by Gasteiger charge is 2.23. The van der Waals surface area contributed by atoms with E-state index in [1.165, 1.54) is 24.7 Å². The van der Waals surface area contributed by atoms with Gasteiger partial charge in [0.1, 0.15) is 6.04 Å². The molecule has 0 saturated carbocycles. The number of piperidine rings is 1. The summed E-state index contributed by atoms with van der Waals surface area (Å²) in [6.07, 6.45) is 4.43. The molecule has 2 N–H and O–H groups in total. The Labute approximate surface area is 201 Å². The molecule has 2 amide bonds. The molecule has 178 valence electrons. The molecule has 1 aromatic heterocycles. The molecule has 34 heavy (non-hydrogen) atoms. The molecule has 1 saturated heterocycles.